The Bertz CT molecular complexity index is 514. The predicted molar refractivity (Wildman–Crippen MR) is 85.2 cm³/mol. The van der Waals surface area contributed by atoms with E-state index in [0.29, 0.717) is 28.4 Å². The summed E-state index contributed by atoms with van der Waals surface area (Å²) in [5.74, 6) is -0.104. The monoisotopic (exact) mass is 311 g/mol. The van der Waals surface area contributed by atoms with Gasteiger partial charge in [-0.1, -0.05) is 11.6 Å². The van der Waals surface area contributed by atoms with E-state index >= 15 is 0 Å². The van der Waals surface area contributed by atoms with Gasteiger partial charge in [-0.3, -0.25) is 4.79 Å². The van der Waals surface area contributed by atoms with E-state index < -0.39 is 5.91 Å². The van der Waals surface area contributed by atoms with Crippen LogP contribution in [0.4, 0.5) is 5.69 Å². The molecule has 5 nitrogen and oxygen atoms in total. The predicted octanol–water partition coefficient (Wildman–Crippen LogP) is 2.39. The number of ether oxygens (including phenoxy) is 1. The summed E-state index contributed by atoms with van der Waals surface area (Å²) in [4.78, 5) is 11.4. The molecular weight excluding hydrogens is 290 g/mol. The Morgan fingerprint density at radius 2 is 1.90 bits per heavy atom. The highest BCUT2D eigenvalue weighted by Gasteiger charge is 2.21. The average Bonchev–Trinajstić information content (AvgIpc) is 2.49. The van der Waals surface area contributed by atoms with Crippen molar-refractivity contribution in [3.8, 4) is 5.75 Å². The largest absolute Gasteiger partial charge is 0.496 e. The maximum Gasteiger partial charge on any atom is 0.252 e. The molecule has 0 atom stereocenters. The normalized spacial score (nSPS) is 21.9. The van der Waals surface area contributed by atoms with Crippen molar-refractivity contribution in [2.75, 3.05) is 19.5 Å². The molecule has 0 heterocycles. The zero-order chi connectivity index (χ0) is 15.4. The fourth-order valence-corrected chi connectivity index (χ4v) is 2.99. The molecule has 6 heteroatoms. The highest BCUT2D eigenvalue weighted by Crippen LogP contribution is 2.33. The van der Waals surface area contributed by atoms with Gasteiger partial charge in [0.05, 0.1) is 23.4 Å². The van der Waals surface area contributed by atoms with Crippen LogP contribution in [-0.2, 0) is 0 Å². The lowest BCUT2D eigenvalue weighted by atomic mass is 9.91. The molecular formula is C15H22ClN3O2. The number of hydrogen-bond donors (Lipinski definition) is 3. The van der Waals surface area contributed by atoms with Crippen LogP contribution < -0.4 is 21.1 Å². The van der Waals surface area contributed by atoms with Gasteiger partial charge in [0.15, 0.2) is 0 Å². The second-order valence-corrected chi connectivity index (χ2v) is 5.79. The topological polar surface area (TPSA) is 76.4 Å². The number of methoxy groups -OCH3 is 1. The fourth-order valence-electron chi connectivity index (χ4n) is 2.77. The Hall–Kier alpha value is -1.46. The van der Waals surface area contributed by atoms with Gasteiger partial charge in [0.25, 0.3) is 5.91 Å². The number of halogens is 1. The number of primary amides is 1. The lowest BCUT2D eigenvalue weighted by Crippen LogP contribution is -2.35. The molecule has 1 saturated carbocycles. The van der Waals surface area contributed by atoms with Crippen molar-refractivity contribution < 1.29 is 9.53 Å². The van der Waals surface area contributed by atoms with Crippen molar-refractivity contribution in [1.29, 1.82) is 0 Å². The second-order valence-electron chi connectivity index (χ2n) is 5.38. The second kappa shape index (κ2) is 7.00. The maximum absolute atomic E-state index is 11.4. The van der Waals surface area contributed by atoms with Gasteiger partial charge >= 0.3 is 0 Å². The Balaban J connectivity index is 2.12. The van der Waals surface area contributed by atoms with E-state index in [1.54, 1.807) is 12.1 Å². The van der Waals surface area contributed by atoms with Crippen LogP contribution in [-0.4, -0.2) is 32.1 Å². The minimum absolute atomic E-state index is 0.298. The molecule has 1 aliphatic carbocycles. The minimum atomic E-state index is -0.546. The Kier molecular flexibility index (Phi) is 5.31. The van der Waals surface area contributed by atoms with E-state index in [0.717, 1.165) is 31.4 Å². The van der Waals surface area contributed by atoms with Crippen LogP contribution >= 0.6 is 11.6 Å². The van der Waals surface area contributed by atoms with Gasteiger partial charge in [0.1, 0.15) is 5.75 Å². The van der Waals surface area contributed by atoms with Crippen LogP contribution in [0.5, 0.6) is 5.75 Å². The third-order valence-electron chi connectivity index (χ3n) is 4.05. The minimum Gasteiger partial charge on any atom is -0.496 e. The zero-order valence-electron chi connectivity index (χ0n) is 12.4. The first-order valence-electron chi connectivity index (χ1n) is 7.16. The smallest absolute Gasteiger partial charge is 0.252 e. The number of carbonyl (C=O) groups excluding carboxylic acids is 1. The number of nitrogens with one attached hydrogen (secondary N) is 2. The number of rotatable bonds is 5. The molecule has 1 aliphatic rings. The van der Waals surface area contributed by atoms with Gasteiger partial charge in [-0.05, 0) is 38.8 Å². The molecule has 0 aliphatic heterocycles. The standard InChI is InChI=1S/C15H22ClN3O2/c1-18-9-3-5-10(6-4-9)19-13-8-14(21-2)11(15(17)20)7-12(13)16/h7-10,18-19H,3-6H2,1-2H3,(H2,17,20). The summed E-state index contributed by atoms with van der Waals surface area (Å²) in [5.41, 5.74) is 6.40. The van der Waals surface area contributed by atoms with Crippen LogP contribution in [0.15, 0.2) is 12.1 Å². The lowest BCUT2D eigenvalue weighted by molar-refractivity contribution is 0.0997. The van der Waals surface area contributed by atoms with Gasteiger partial charge in [0, 0.05) is 18.2 Å². The first-order chi connectivity index (χ1) is 10.0. The van der Waals surface area contributed by atoms with E-state index in [9.17, 15) is 4.79 Å². The SMILES string of the molecule is CNC1CCC(Nc2cc(OC)c(C(N)=O)cc2Cl)CC1. The van der Waals surface area contributed by atoms with E-state index in [4.69, 9.17) is 22.1 Å². The van der Waals surface area contributed by atoms with Crippen LogP contribution in [0.2, 0.25) is 5.02 Å². The molecule has 1 amide bonds. The Morgan fingerprint density at radius 3 is 2.43 bits per heavy atom. The van der Waals surface area contributed by atoms with Crippen molar-refractivity contribution >= 4 is 23.2 Å². The summed E-state index contributed by atoms with van der Waals surface area (Å²) >= 11 is 6.24. The number of nitrogens with two attached hydrogens (primary N) is 1. The Morgan fingerprint density at radius 1 is 1.29 bits per heavy atom. The van der Waals surface area contributed by atoms with Crippen LogP contribution in [0.25, 0.3) is 0 Å². The molecule has 116 valence electrons. The van der Waals surface area contributed by atoms with Crippen molar-refractivity contribution in [2.24, 2.45) is 5.73 Å². The van der Waals surface area contributed by atoms with E-state index in [-0.39, 0.29) is 0 Å². The highest BCUT2D eigenvalue weighted by atomic mass is 35.5. The van der Waals surface area contributed by atoms with Gasteiger partial charge in [-0.25, -0.2) is 0 Å². The average molecular weight is 312 g/mol. The van der Waals surface area contributed by atoms with Crippen LogP contribution in [0.1, 0.15) is 36.0 Å². The summed E-state index contributed by atoms with van der Waals surface area (Å²) in [6.07, 6.45) is 4.45. The summed E-state index contributed by atoms with van der Waals surface area (Å²) < 4.78 is 5.22. The molecule has 2 rings (SSSR count). The molecule has 0 aromatic heterocycles. The van der Waals surface area contributed by atoms with Crippen molar-refractivity contribution in [2.45, 2.75) is 37.8 Å². The molecule has 0 unspecified atom stereocenters. The van der Waals surface area contributed by atoms with Crippen LogP contribution in [0.3, 0.4) is 0 Å². The fraction of sp³-hybridized carbons (Fsp3) is 0.533. The van der Waals surface area contributed by atoms with Crippen LogP contribution in [0, 0.1) is 0 Å². The first kappa shape index (κ1) is 15.9. The molecule has 1 aromatic rings. The quantitative estimate of drug-likeness (QED) is 0.780. The summed E-state index contributed by atoms with van der Waals surface area (Å²) in [7, 11) is 3.51. The lowest BCUT2D eigenvalue weighted by Gasteiger charge is -2.30. The zero-order valence-corrected chi connectivity index (χ0v) is 13.2. The molecule has 0 saturated heterocycles. The van der Waals surface area contributed by atoms with Gasteiger partial charge < -0.3 is 21.1 Å². The number of benzene rings is 1. The van der Waals surface area contributed by atoms with Gasteiger partial charge in [0.2, 0.25) is 0 Å². The number of hydrogen-bond acceptors (Lipinski definition) is 4. The Labute approximate surface area is 130 Å². The van der Waals surface area contributed by atoms with Gasteiger partial charge in [-0.2, -0.15) is 0 Å². The first-order valence-corrected chi connectivity index (χ1v) is 7.54. The molecule has 4 N–H and O–H groups in total. The summed E-state index contributed by atoms with van der Waals surface area (Å²) in [5, 5.41) is 7.24. The third kappa shape index (κ3) is 3.80. The maximum atomic E-state index is 11.4. The molecule has 1 aromatic carbocycles. The van der Waals surface area contributed by atoms with Crippen molar-refractivity contribution in [3.63, 3.8) is 0 Å². The third-order valence-corrected chi connectivity index (χ3v) is 4.36. The highest BCUT2D eigenvalue weighted by molar-refractivity contribution is 6.33. The van der Waals surface area contributed by atoms with E-state index in [1.807, 2.05) is 7.05 Å². The number of amides is 1. The van der Waals surface area contributed by atoms with E-state index in [1.165, 1.54) is 7.11 Å². The van der Waals surface area contributed by atoms with E-state index in [2.05, 4.69) is 10.6 Å². The molecule has 21 heavy (non-hydrogen) atoms. The molecule has 0 bridgehead atoms. The van der Waals surface area contributed by atoms with Crippen molar-refractivity contribution in [3.05, 3.63) is 22.7 Å². The molecule has 0 radical (unpaired) electrons. The molecule has 0 spiro atoms. The molecule has 1 fully saturated rings. The van der Waals surface area contributed by atoms with Gasteiger partial charge in [-0.15, -0.1) is 0 Å². The summed E-state index contributed by atoms with van der Waals surface area (Å²) in [6.45, 7) is 0. The number of anilines is 1. The summed E-state index contributed by atoms with van der Waals surface area (Å²) in [6, 6.07) is 4.29. The van der Waals surface area contributed by atoms with Crippen molar-refractivity contribution in [1.82, 2.24) is 5.32 Å². The number of carbonyl (C=O) groups is 1.